The summed E-state index contributed by atoms with van der Waals surface area (Å²) in [4.78, 5) is 39.0. The van der Waals surface area contributed by atoms with Gasteiger partial charge in [0.15, 0.2) is 0 Å². The first-order chi connectivity index (χ1) is 12.5. The molecule has 0 aliphatic carbocycles. The van der Waals surface area contributed by atoms with Crippen molar-refractivity contribution < 1.29 is 14.4 Å². The van der Waals surface area contributed by atoms with Gasteiger partial charge in [-0.2, -0.15) is 0 Å². The molecule has 7 heteroatoms. The number of benzene rings is 1. The van der Waals surface area contributed by atoms with Gasteiger partial charge in [0.1, 0.15) is 6.04 Å². The lowest BCUT2D eigenvalue weighted by molar-refractivity contribution is -0.121. The Bertz CT molecular complexity index is 804. The van der Waals surface area contributed by atoms with Gasteiger partial charge >= 0.3 is 0 Å². The number of piperidine rings is 1. The zero-order chi connectivity index (χ0) is 18.5. The Balaban J connectivity index is 1.73. The highest BCUT2D eigenvalue weighted by molar-refractivity contribution is 7.12. The second kappa shape index (κ2) is 8.14. The summed E-state index contributed by atoms with van der Waals surface area (Å²) in [5.41, 5.74) is 1.21. The first-order valence-electron chi connectivity index (χ1n) is 8.57. The number of anilines is 2. The molecule has 6 nitrogen and oxygen atoms in total. The van der Waals surface area contributed by atoms with Crippen molar-refractivity contribution >= 4 is 40.4 Å². The van der Waals surface area contributed by atoms with E-state index in [1.54, 1.807) is 35.2 Å². The molecule has 2 heterocycles. The number of nitrogens with one attached hydrogen (secondary N) is 2. The quantitative estimate of drug-likeness (QED) is 0.865. The van der Waals surface area contributed by atoms with Crippen LogP contribution in [0.15, 0.2) is 41.8 Å². The van der Waals surface area contributed by atoms with Gasteiger partial charge in [0.05, 0.1) is 4.88 Å². The first-order valence-corrected chi connectivity index (χ1v) is 9.45. The highest BCUT2D eigenvalue weighted by Gasteiger charge is 2.33. The van der Waals surface area contributed by atoms with Gasteiger partial charge in [0.25, 0.3) is 5.91 Å². The van der Waals surface area contributed by atoms with Crippen molar-refractivity contribution in [1.29, 1.82) is 0 Å². The van der Waals surface area contributed by atoms with Crippen molar-refractivity contribution in [2.45, 2.75) is 32.2 Å². The van der Waals surface area contributed by atoms with Crippen LogP contribution in [0.4, 0.5) is 11.4 Å². The van der Waals surface area contributed by atoms with Gasteiger partial charge in [0, 0.05) is 24.8 Å². The Kier molecular flexibility index (Phi) is 5.68. The maximum Gasteiger partial charge on any atom is 0.264 e. The highest BCUT2D eigenvalue weighted by Crippen LogP contribution is 2.23. The topological polar surface area (TPSA) is 78.5 Å². The van der Waals surface area contributed by atoms with E-state index in [4.69, 9.17) is 0 Å². The third kappa shape index (κ3) is 4.29. The summed E-state index contributed by atoms with van der Waals surface area (Å²) in [6.07, 6.45) is 2.46. The lowest BCUT2D eigenvalue weighted by Crippen LogP contribution is -2.49. The summed E-state index contributed by atoms with van der Waals surface area (Å²) in [6.45, 7) is 2.02. The number of rotatable bonds is 4. The fourth-order valence-electron chi connectivity index (χ4n) is 3.09. The zero-order valence-corrected chi connectivity index (χ0v) is 15.3. The van der Waals surface area contributed by atoms with Gasteiger partial charge in [-0.3, -0.25) is 14.4 Å². The number of nitrogens with zero attached hydrogens (tertiary/aromatic N) is 1. The first kappa shape index (κ1) is 18.1. The Morgan fingerprint density at radius 2 is 1.85 bits per heavy atom. The number of hydrogen-bond donors (Lipinski definition) is 2. The SMILES string of the molecule is CC(=O)Nc1cccc(NC(=O)[C@H]2CCCCN2C(=O)c2cccs2)c1. The molecule has 3 rings (SSSR count). The monoisotopic (exact) mass is 371 g/mol. The molecule has 1 saturated heterocycles. The summed E-state index contributed by atoms with van der Waals surface area (Å²) in [7, 11) is 0. The molecule has 0 radical (unpaired) electrons. The zero-order valence-electron chi connectivity index (χ0n) is 14.5. The van der Waals surface area contributed by atoms with E-state index in [1.165, 1.54) is 18.3 Å². The molecule has 1 aromatic carbocycles. The minimum absolute atomic E-state index is 0.0909. The van der Waals surface area contributed by atoms with E-state index in [9.17, 15) is 14.4 Å². The van der Waals surface area contributed by atoms with Crippen LogP contribution < -0.4 is 10.6 Å². The van der Waals surface area contributed by atoms with E-state index in [2.05, 4.69) is 10.6 Å². The Morgan fingerprint density at radius 1 is 1.08 bits per heavy atom. The maximum atomic E-state index is 12.8. The lowest BCUT2D eigenvalue weighted by atomic mass is 10.0. The van der Waals surface area contributed by atoms with Crippen LogP contribution in [0.3, 0.4) is 0 Å². The van der Waals surface area contributed by atoms with E-state index in [0.717, 1.165) is 12.8 Å². The molecule has 1 aliphatic heterocycles. The number of hydrogen-bond acceptors (Lipinski definition) is 4. The lowest BCUT2D eigenvalue weighted by Gasteiger charge is -2.34. The Labute approximate surface area is 156 Å². The van der Waals surface area contributed by atoms with Crippen molar-refractivity contribution in [3.05, 3.63) is 46.7 Å². The van der Waals surface area contributed by atoms with Crippen LogP contribution in [-0.2, 0) is 9.59 Å². The number of amides is 3. The fraction of sp³-hybridized carbons (Fsp3) is 0.316. The summed E-state index contributed by atoms with van der Waals surface area (Å²) in [6, 6.07) is 10.1. The smallest absolute Gasteiger partial charge is 0.264 e. The minimum Gasteiger partial charge on any atom is -0.326 e. The average Bonchev–Trinajstić information content (AvgIpc) is 3.15. The van der Waals surface area contributed by atoms with E-state index < -0.39 is 6.04 Å². The molecule has 2 aromatic rings. The van der Waals surface area contributed by atoms with Gasteiger partial charge in [0.2, 0.25) is 11.8 Å². The Morgan fingerprint density at radius 3 is 2.54 bits per heavy atom. The van der Waals surface area contributed by atoms with Crippen molar-refractivity contribution in [3.8, 4) is 0 Å². The molecule has 0 bridgehead atoms. The van der Waals surface area contributed by atoms with Crippen LogP contribution in [0.2, 0.25) is 0 Å². The van der Waals surface area contributed by atoms with Crippen molar-refractivity contribution in [2.24, 2.45) is 0 Å². The Hall–Kier alpha value is -2.67. The summed E-state index contributed by atoms with van der Waals surface area (Å²) in [5, 5.41) is 7.43. The molecule has 0 saturated carbocycles. The van der Waals surface area contributed by atoms with Crippen LogP contribution in [-0.4, -0.2) is 35.2 Å². The molecule has 3 amide bonds. The molecule has 1 aromatic heterocycles. The second-order valence-corrected chi connectivity index (χ2v) is 7.19. The normalized spacial score (nSPS) is 16.8. The van der Waals surface area contributed by atoms with Gasteiger partial charge in [-0.25, -0.2) is 0 Å². The van der Waals surface area contributed by atoms with Gasteiger partial charge in [-0.15, -0.1) is 11.3 Å². The molecule has 136 valence electrons. The predicted octanol–water partition coefficient (Wildman–Crippen LogP) is 3.34. The number of thiophene rings is 1. The third-order valence-electron chi connectivity index (χ3n) is 4.25. The van der Waals surface area contributed by atoms with Gasteiger partial charge in [-0.05, 0) is 48.9 Å². The predicted molar refractivity (Wildman–Crippen MR) is 102 cm³/mol. The molecular formula is C19H21N3O3S. The van der Waals surface area contributed by atoms with Crippen molar-refractivity contribution in [2.75, 3.05) is 17.2 Å². The van der Waals surface area contributed by atoms with E-state index in [-0.39, 0.29) is 17.7 Å². The van der Waals surface area contributed by atoms with Crippen LogP contribution in [0.25, 0.3) is 0 Å². The number of carbonyl (C=O) groups is 3. The largest absolute Gasteiger partial charge is 0.326 e. The van der Waals surface area contributed by atoms with Crippen LogP contribution in [0, 0.1) is 0 Å². The van der Waals surface area contributed by atoms with Crippen LogP contribution in [0.5, 0.6) is 0 Å². The molecule has 1 atom stereocenters. The van der Waals surface area contributed by atoms with Gasteiger partial charge < -0.3 is 15.5 Å². The number of likely N-dealkylation sites (tertiary alicyclic amines) is 1. The number of carbonyl (C=O) groups excluding carboxylic acids is 3. The van der Waals surface area contributed by atoms with E-state index in [1.807, 2.05) is 11.4 Å². The molecule has 26 heavy (non-hydrogen) atoms. The molecule has 1 fully saturated rings. The summed E-state index contributed by atoms with van der Waals surface area (Å²) < 4.78 is 0. The molecule has 0 spiro atoms. The molecular weight excluding hydrogens is 350 g/mol. The van der Waals surface area contributed by atoms with E-state index >= 15 is 0 Å². The van der Waals surface area contributed by atoms with Crippen molar-refractivity contribution in [1.82, 2.24) is 4.90 Å². The summed E-state index contributed by atoms with van der Waals surface area (Å²) in [5.74, 6) is -0.463. The van der Waals surface area contributed by atoms with E-state index in [0.29, 0.717) is 29.2 Å². The van der Waals surface area contributed by atoms with Gasteiger partial charge in [-0.1, -0.05) is 12.1 Å². The molecule has 2 N–H and O–H groups in total. The molecule has 0 unspecified atom stereocenters. The van der Waals surface area contributed by atoms with Crippen LogP contribution >= 0.6 is 11.3 Å². The van der Waals surface area contributed by atoms with Crippen LogP contribution in [0.1, 0.15) is 35.9 Å². The standard InChI is InChI=1S/C19H21N3O3S/c1-13(23)20-14-6-4-7-15(12-14)21-18(24)16-8-2-3-10-22(16)19(25)17-9-5-11-26-17/h4-7,9,11-12,16H,2-3,8,10H2,1H3,(H,20,23)(H,21,24)/t16-/m1/s1. The maximum absolute atomic E-state index is 12.8. The second-order valence-electron chi connectivity index (χ2n) is 6.24. The fourth-order valence-corrected chi connectivity index (χ4v) is 3.77. The minimum atomic E-state index is -0.484. The average molecular weight is 371 g/mol. The molecule has 1 aliphatic rings. The summed E-state index contributed by atoms with van der Waals surface area (Å²) >= 11 is 1.39. The third-order valence-corrected chi connectivity index (χ3v) is 5.11. The van der Waals surface area contributed by atoms with Crippen molar-refractivity contribution in [3.63, 3.8) is 0 Å². The highest BCUT2D eigenvalue weighted by atomic mass is 32.1.